The van der Waals surface area contributed by atoms with Crippen LogP contribution in [0.4, 0.5) is 0 Å². The first-order chi connectivity index (χ1) is 5.56. The molecule has 1 rings (SSSR count). The molecule has 0 spiro atoms. The molecule has 0 bridgehead atoms. The summed E-state index contributed by atoms with van der Waals surface area (Å²) in [5.41, 5.74) is -0.0122. The van der Waals surface area contributed by atoms with Crippen LogP contribution in [0.3, 0.4) is 0 Å². The number of hydrogen-bond donors (Lipinski definition) is 0. The van der Waals surface area contributed by atoms with Crippen molar-refractivity contribution >= 4 is 0 Å². The van der Waals surface area contributed by atoms with Crippen molar-refractivity contribution in [3.8, 4) is 0 Å². The van der Waals surface area contributed by atoms with Gasteiger partial charge in [0, 0.05) is 0 Å². The fourth-order valence-electron chi connectivity index (χ4n) is 0.627. The van der Waals surface area contributed by atoms with Crippen molar-refractivity contribution in [3.63, 3.8) is 0 Å². The number of hydrogen-bond acceptors (Lipinski definition) is 1. The van der Waals surface area contributed by atoms with Gasteiger partial charge in [-0.3, -0.25) is 0 Å². The zero-order valence-corrected chi connectivity index (χ0v) is 10.3. The van der Waals surface area contributed by atoms with E-state index in [9.17, 15) is 0 Å². The van der Waals surface area contributed by atoms with E-state index in [1.165, 1.54) is 0 Å². The molecule has 0 aromatic heterocycles. The Balaban J connectivity index is 0. The molecule has 2 heteroatoms. The van der Waals surface area contributed by atoms with Crippen LogP contribution in [-0.4, -0.2) is 12.2 Å². The van der Waals surface area contributed by atoms with Gasteiger partial charge in [-0.2, -0.15) is 18.2 Å². The molecule has 13 heavy (non-hydrogen) atoms. The maximum atomic E-state index is 5.12. The third-order valence-electron chi connectivity index (χ3n) is 1.09. The molecule has 0 saturated carbocycles. The molecule has 0 radical (unpaired) electrons. The Hall–Kier alpha value is 0.0243. The van der Waals surface area contributed by atoms with Crippen molar-refractivity contribution in [2.45, 2.75) is 26.4 Å². The maximum absolute atomic E-state index is 5.12. The molecule has 0 saturated heterocycles. The largest absolute Gasteiger partial charge is 2.00 e. The van der Waals surface area contributed by atoms with Crippen LogP contribution < -0.4 is 0 Å². The minimum absolute atomic E-state index is 0. The minimum Gasteiger partial charge on any atom is -0.408 e. The summed E-state index contributed by atoms with van der Waals surface area (Å²) >= 11 is 0. The predicted molar refractivity (Wildman–Crippen MR) is 53.1 cm³/mol. The Kier molecular flexibility index (Phi) is 10.3. The van der Waals surface area contributed by atoms with Crippen LogP contribution in [0.25, 0.3) is 0 Å². The summed E-state index contributed by atoms with van der Waals surface area (Å²) in [4.78, 5) is 0. The van der Waals surface area contributed by atoms with Crippen molar-refractivity contribution in [2.75, 3.05) is 6.61 Å². The van der Waals surface area contributed by atoms with Crippen molar-refractivity contribution in [2.24, 2.45) is 0 Å². The van der Waals surface area contributed by atoms with Crippen molar-refractivity contribution in [1.29, 1.82) is 0 Å². The maximum Gasteiger partial charge on any atom is 2.00 e. The summed E-state index contributed by atoms with van der Waals surface area (Å²) in [5.74, 6) is 0. The molecular weight excluding hydrogens is 196 g/mol. The van der Waals surface area contributed by atoms with Crippen LogP contribution in [0.15, 0.2) is 30.3 Å². The molecule has 0 heterocycles. The number of ether oxygens (including phenoxy) is 1. The standard InChI is InChI=1S/C6H13O.C5H5.Ti/c1-5-7-6(2,3)4;1-2-4-5-3-1;/h1,5H2,2-4H3;1-5H;/q2*-1;+2. The fourth-order valence-corrected chi connectivity index (χ4v) is 0.627. The first-order valence-electron chi connectivity index (χ1n) is 4.16. The Morgan fingerprint density at radius 3 is 1.77 bits per heavy atom. The van der Waals surface area contributed by atoms with E-state index < -0.39 is 0 Å². The van der Waals surface area contributed by atoms with Crippen LogP contribution in [0.1, 0.15) is 20.8 Å². The van der Waals surface area contributed by atoms with Gasteiger partial charge >= 0.3 is 21.7 Å². The molecule has 1 nitrogen and oxygen atoms in total. The first-order valence-corrected chi connectivity index (χ1v) is 4.16. The molecule has 0 unspecified atom stereocenters. The van der Waals surface area contributed by atoms with E-state index in [1.54, 1.807) is 0 Å². The molecule has 1 aromatic rings. The summed E-state index contributed by atoms with van der Waals surface area (Å²) in [6.07, 6.45) is 0. The molecule has 0 aliphatic heterocycles. The molecule has 0 atom stereocenters. The average Bonchev–Trinajstić information content (AvgIpc) is 2.38. The summed E-state index contributed by atoms with van der Waals surface area (Å²) in [7, 11) is 0. The van der Waals surface area contributed by atoms with Crippen LogP contribution in [-0.2, 0) is 26.5 Å². The van der Waals surface area contributed by atoms with Crippen molar-refractivity contribution in [3.05, 3.63) is 37.3 Å². The molecule has 0 amide bonds. The SMILES string of the molecule is [CH2-]COC(C)(C)C.[Ti+2].c1cc[cH-]c1. The third kappa shape index (κ3) is 14.8. The summed E-state index contributed by atoms with van der Waals surface area (Å²) in [5, 5.41) is 0. The predicted octanol–water partition coefficient (Wildman–Crippen LogP) is 3.04. The van der Waals surface area contributed by atoms with Gasteiger partial charge in [-0.05, 0) is 20.8 Å². The van der Waals surface area contributed by atoms with Gasteiger partial charge < -0.3 is 11.7 Å². The van der Waals surface area contributed by atoms with E-state index >= 15 is 0 Å². The second kappa shape index (κ2) is 8.61. The number of rotatable bonds is 1. The third-order valence-corrected chi connectivity index (χ3v) is 1.09. The van der Waals surface area contributed by atoms with Crippen LogP contribution in [0.2, 0.25) is 0 Å². The average molecular weight is 214 g/mol. The second-order valence-corrected chi connectivity index (χ2v) is 3.42. The van der Waals surface area contributed by atoms with Crippen LogP contribution in [0.5, 0.6) is 0 Å². The Morgan fingerprint density at radius 1 is 1.23 bits per heavy atom. The topological polar surface area (TPSA) is 9.23 Å². The van der Waals surface area contributed by atoms with E-state index in [-0.39, 0.29) is 27.3 Å². The van der Waals surface area contributed by atoms with E-state index in [0.29, 0.717) is 6.61 Å². The van der Waals surface area contributed by atoms with Gasteiger partial charge in [0.1, 0.15) is 0 Å². The van der Waals surface area contributed by atoms with E-state index in [4.69, 9.17) is 4.74 Å². The second-order valence-electron chi connectivity index (χ2n) is 3.42. The molecule has 0 N–H and O–H groups in total. The molecule has 0 aliphatic carbocycles. The normalized spacial score (nSPS) is 9.54. The molecule has 0 fully saturated rings. The van der Waals surface area contributed by atoms with E-state index in [1.807, 2.05) is 51.1 Å². The first kappa shape index (κ1) is 15.5. The Bertz CT molecular complexity index is 145. The Morgan fingerprint density at radius 2 is 1.69 bits per heavy atom. The van der Waals surface area contributed by atoms with Gasteiger partial charge in [-0.1, -0.05) is 6.61 Å². The zero-order valence-electron chi connectivity index (χ0n) is 8.71. The van der Waals surface area contributed by atoms with Gasteiger partial charge in [-0.15, -0.1) is 0 Å². The quantitative estimate of drug-likeness (QED) is 0.515. The monoisotopic (exact) mass is 214 g/mol. The van der Waals surface area contributed by atoms with Crippen molar-refractivity contribution in [1.82, 2.24) is 0 Å². The summed E-state index contributed by atoms with van der Waals surface area (Å²) in [6.45, 7) is 10.1. The summed E-state index contributed by atoms with van der Waals surface area (Å²) in [6, 6.07) is 10.0. The summed E-state index contributed by atoms with van der Waals surface area (Å²) < 4.78 is 5.12. The van der Waals surface area contributed by atoms with Crippen LogP contribution in [0, 0.1) is 6.92 Å². The van der Waals surface area contributed by atoms with Gasteiger partial charge in [-0.25, -0.2) is 12.1 Å². The zero-order chi connectivity index (χ0) is 9.45. The minimum atomic E-state index is -0.0122. The van der Waals surface area contributed by atoms with Gasteiger partial charge in [0.2, 0.25) is 0 Å². The van der Waals surface area contributed by atoms with Gasteiger partial charge in [0.15, 0.2) is 0 Å². The van der Waals surface area contributed by atoms with E-state index in [2.05, 4.69) is 6.92 Å². The van der Waals surface area contributed by atoms with Gasteiger partial charge in [0.05, 0.1) is 5.60 Å². The Labute approximate surface area is 96.7 Å². The molecule has 1 aromatic carbocycles. The smallest absolute Gasteiger partial charge is 0.408 e. The molecule has 0 aliphatic rings. The molecule has 72 valence electrons. The fraction of sp³-hybridized carbons (Fsp3) is 0.455. The van der Waals surface area contributed by atoms with Crippen LogP contribution >= 0.6 is 0 Å². The van der Waals surface area contributed by atoms with Crippen molar-refractivity contribution < 1.29 is 26.5 Å². The van der Waals surface area contributed by atoms with E-state index in [0.717, 1.165) is 0 Å². The van der Waals surface area contributed by atoms with Gasteiger partial charge in [0.25, 0.3) is 0 Å². The molecular formula is C11H18OTi.